The molecule has 7 heteroatoms. The van der Waals surface area contributed by atoms with Gasteiger partial charge in [-0.1, -0.05) is 0 Å². The summed E-state index contributed by atoms with van der Waals surface area (Å²) in [6.45, 7) is 0. The number of fused-ring (bicyclic) bond motifs is 3. The van der Waals surface area contributed by atoms with Gasteiger partial charge in [0.25, 0.3) is 0 Å². The summed E-state index contributed by atoms with van der Waals surface area (Å²) in [6, 6.07) is 8.60. The zero-order valence-electron chi connectivity index (χ0n) is 11.6. The number of primary sulfonamides is 1. The van der Waals surface area contributed by atoms with Crippen LogP contribution in [0.25, 0.3) is 16.9 Å². The van der Waals surface area contributed by atoms with Gasteiger partial charge in [0.05, 0.1) is 22.5 Å². The Kier molecular flexibility index (Phi) is 2.97. The first kappa shape index (κ1) is 13.7. The predicted octanol–water partition coefficient (Wildman–Crippen LogP) is 2.35. The number of benzene rings is 1. The van der Waals surface area contributed by atoms with E-state index >= 15 is 0 Å². The van der Waals surface area contributed by atoms with Crippen LogP contribution in [-0.2, 0) is 22.9 Å². The second-order valence-corrected chi connectivity index (χ2v) is 7.79. The standard InChI is InChI=1S/C15H13N3O2S2/c16-22(19,20)12-4-2-11(3-5-12)18-15-10(9-17-18)1-6-14-13(15)7-8-21-14/h2-5,7-9H,1,6H2,(H2,16,19,20). The topological polar surface area (TPSA) is 78.0 Å². The SMILES string of the molecule is NS(=O)(=O)c1ccc(-n2ncc3c2-c2ccsc2CC3)cc1. The van der Waals surface area contributed by atoms with Crippen molar-refractivity contribution in [1.29, 1.82) is 0 Å². The van der Waals surface area contributed by atoms with E-state index in [4.69, 9.17) is 5.14 Å². The van der Waals surface area contributed by atoms with Crippen molar-refractivity contribution in [3.63, 3.8) is 0 Å². The first-order valence-corrected chi connectivity index (χ1v) is 9.23. The van der Waals surface area contributed by atoms with Gasteiger partial charge >= 0.3 is 0 Å². The van der Waals surface area contributed by atoms with Crippen LogP contribution in [0, 0.1) is 0 Å². The maximum absolute atomic E-state index is 11.3. The lowest BCUT2D eigenvalue weighted by Crippen LogP contribution is -2.12. The largest absolute Gasteiger partial charge is 0.238 e. The molecule has 22 heavy (non-hydrogen) atoms. The van der Waals surface area contributed by atoms with Crippen LogP contribution in [0.15, 0.2) is 46.8 Å². The molecule has 0 saturated heterocycles. The fourth-order valence-electron chi connectivity index (χ4n) is 2.82. The van der Waals surface area contributed by atoms with Gasteiger partial charge in [-0.3, -0.25) is 0 Å². The molecular weight excluding hydrogens is 318 g/mol. The molecule has 5 nitrogen and oxygen atoms in total. The van der Waals surface area contributed by atoms with Crippen molar-refractivity contribution in [2.45, 2.75) is 17.7 Å². The third-order valence-electron chi connectivity index (χ3n) is 3.88. The average molecular weight is 331 g/mol. The number of hydrogen-bond donors (Lipinski definition) is 1. The maximum Gasteiger partial charge on any atom is 0.238 e. The number of hydrogen-bond acceptors (Lipinski definition) is 4. The van der Waals surface area contributed by atoms with E-state index in [1.165, 1.54) is 28.1 Å². The lowest BCUT2D eigenvalue weighted by atomic mass is 9.97. The smallest absolute Gasteiger partial charge is 0.233 e. The molecule has 0 radical (unpaired) electrons. The van der Waals surface area contributed by atoms with Crippen LogP contribution in [0.3, 0.4) is 0 Å². The van der Waals surface area contributed by atoms with Crippen molar-refractivity contribution in [3.05, 3.63) is 52.3 Å². The summed E-state index contributed by atoms with van der Waals surface area (Å²) >= 11 is 1.77. The minimum atomic E-state index is -3.67. The second kappa shape index (κ2) is 4.77. The van der Waals surface area contributed by atoms with Gasteiger partial charge in [0.15, 0.2) is 0 Å². The average Bonchev–Trinajstić information content (AvgIpc) is 3.12. The zero-order chi connectivity index (χ0) is 15.3. The van der Waals surface area contributed by atoms with Crippen molar-refractivity contribution in [2.75, 3.05) is 0 Å². The molecule has 4 rings (SSSR count). The Morgan fingerprint density at radius 1 is 1.14 bits per heavy atom. The number of nitrogens with zero attached hydrogens (tertiary/aromatic N) is 2. The van der Waals surface area contributed by atoms with Crippen LogP contribution in [0.1, 0.15) is 10.4 Å². The van der Waals surface area contributed by atoms with Gasteiger partial charge in [-0.15, -0.1) is 11.3 Å². The molecule has 2 aromatic heterocycles. The van der Waals surface area contributed by atoms with Gasteiger partial charge in [-0.05, 0) is 54.1 Å². The number of aromatic nitrogens is 2. The van der Waals surface area contributed by atoms with Crippen LogP contribution < -0.4 is 5.14 Å². The summed E-state index contributed by atoms with van der Waals surface area (Å²) in [5.41, 5.74) is 4.37. The van der Waals surface area contributed by atoms with Crippen molar-refractivity contribution in [1.82, 2.24) is 9.78 Å². The number of rotatable bonds is 2. The van der Waals surface area contributed by atoms with E-state index in [-0.39, 0.29) is 4.90 Å². The van der Waals surface area contributed by atoms with Crippen molar-refractivity contribution < 1.29 is 8.42 Å². The molecule has 0 spiro atoms. The second-order valence-electron chi connectivity index (χ2n) is 5.23. The summed E-state index contributed by atoms with van der Waals surface area (Å²) in [5, 5.41) is 11.7. The van der Waals surface area contributed by atoms with E-state index < -0.39 is 10.0 Å². The van der Waals surface area contributed by atoms with Crippen molar-refractivity contribution in [3.8, 4) is 16.9 Å². The molecule has 0 bridgehead atoms. The lowest BCUT2D eigenvalue weighted by Gasteiger charge is -2.15. The third kappa shape index (κ3) is 2.09. The van der Waals surface area contributed by atoms with Crippen LogP contribution in [0.2, 0.25) is 0 Å². The van der Waals surface area contributed by atoms with Gasteiger partial charge in [0.1, 0.15) is 0 Å². The molecule has 0 unspecified atom stereocenters. The molecule has 3 aromatic rings. The van der Waals surface area contributed by atoms with Crippen LogP contribution in [-0.4, -0.2) is 18.2 Å². The first-order valence-electron chi connectivity index (χ1n) is 6.81. The maximum atomic E-state index is 11.3. The summed E-state index contributed by atoms with van der Waals surface area (Å²) < 4.78 is 24.6. The van der Waals surface area contributed by atoms with Crippen molar-refractivity contribution >= 4 is 21.4 Å². The van der Waals surface area contributed by atoms with Crippen molar-refractivity contribution in [2.24, 2.45) is 5.14 Å². The summed E-state index contributed by atoms with van der Waals surface area (Å²) in [6.07, 6.45) is 3.93. The molecule has 1 aromatic carbocycles. The minimum Gasteiger partial charge on any atom is -0.233 e. The molecule has 2 N–H and O–H groups in total. The highest BCUT2D eigenvalue weighted by Gasteiger charge is 2.22. The van der Waals surface area contributed by atoms with E-state index in [0.29, 0.717) is 0 Å². The summed E-state index contributed by atoms with van der Waals surface area (Å²) in [7, 11) is -3.67. The number of sulfonamides is 1. The Hall–Kier alpha value is -1.96. The Labute approximate surface area is 132 Å². The van der Waals surface area contributed by atoms with Gasteiger partial charge in [-0.25, -0.2) is 18.2 Å². The normalized spacial score (nSPS) is 13.7. The van der Waals surface area contributed by atoms with Crippen LogP contribution >= 0.6 is 11.3 Å². The summed E-state index contributed by atoms with van der Waals surface area (Å²) in [5.74, 6) is 0. The molecule has 2 heterocycles. The third-order valence-corrected chi connectivity index (χ3v) is 5.79. The molecule has 1 aliphatic carbocycles. The predicted molar refractivity (Wildman–Crippen MR) is 85.7 cm³/mol. The highest BCUT2D eigenvalue weighted by atomic mass is 32.2. The summed E-state index contributed by atoms with van der Waals surface area (Å²) in [4.78, 5) is 1.48. The van der Waals surface area contributed by atoms with Crippen LogP contribution in [0.4, 0.5) is 0 Å². The first-order chi connectivity index (χ1) is 10.5. The van der Waals surface area contributed by atoms with Gasteiger partial charge in [0, 0.05) is 10.4 Å². The molecule has 0 atom stereocenters. The van der Waals surface area contributed by atoms with Gasteiger partial charge in [-0.2, -0.15) is 5.10 Å². The molecular formula is C15H13N3O2S2. The molecule has 0 saturated carbocycles. The van der Waals surface area contributed by atoms with Gasteiger partial charge < -0.3 is 0 Å². The highest BCUT2D eigenvalue weighted by Crippen LogP contribution is 2.37. The fraction of sp³-hybridized carbons (Fsp3) is 0.133. The monoisotopic (exact) mass is 331 g/mol. The Morgan fingerprint density at radius 3 is 2.64 bits per heavy atom. The Morgan fingerprint density at radius 2 is 1.91 bits per heavy atom. The molecule has 0 fully saturated rings. The van der Waals surface area contributed by atoms with E-state index in [1.54, 1.807) is 23.5 Å². The zero-order valence-corrected chi connectivity index (χ0v) is 13.2. The van der Waals surface area contributed by atoms with Crippen LogP contribution in [0.5, 0.6) is 0 Å². The number of thiophene rings is 1. The molecule has 0 aliphatic heterocycles. The molecule has 1 aliphatic rings. The number of nitrogens with two attached hydrogens (primary N) is 1. The van der Waals surface area contributed by atoms with E-state index in [0.717, 1.165) is 24.2 Å². The molecule has 0 amide bonds. The van der Waals surface area contributed by atoms with E-state index in [9.17, 15) is 8.42 Å². The Balaban J connectivity index is 1.85. The quantitative estimate of drug-likeness (QED) is 0.783. The Bertz CT molecular complexity index is 953. The minimum absolute atomic E-state index is 0.105. The molecule has 112 valence electrons. The van der Waals surface area contributed by atoms with E-state index in [1.807, 2.05) is 10.9 Å². The lowest BCUT2D eigenvalue weighted by molar-refractivity contribution is 0.598. The number of aryl methyl sites for hydroxylation is 2. The highest BCUT2D eigenvalue weighted by molar-refractivity contribution is 7.89. The van der Waals surface area contributed by atoms with Gasteiger partial charge in [0.2, 0.25) is 10.0 Å². The van der Waals surface area contributed by atoms with E-state index in [2.05, 4.69) is 16.5 Å². The fourth-order valence-corrected chi connectivity index (χ4v) is 4.21.